The average Bonchev–Trinajstić information content (AvgIpc) is 2.95. The van der Waals surface area contributed by atoms with E-state index in [1.807, 2.05) is 11.4 Å². The van der Waals surface area contributed by atoms with Gasteiger partial charge in [0.1, 0.15) is 0 Å². The van der Waals surface area contributed by atoms with Gasteiger partial charge in [0, 0.05) is 30.6 Å². The van der Waals surface area contributed by atoms with Gasteiger partial charge in [0.05, 0.1) is 8.45 Å². The summed E-state index contributed by atoms with van der Waals surface area (Å²) in [4.78, 5) is 17.1. The van der Waals surface area contributed by atoms with Gasteiger partial charge in [-0.05, 0) is 55.0 Å². The van der Waals surface area contributed by atoms with Crippen LogP contribution in [0.1, 0.15) is 30.1 Å². The Bertz CT molecular complexity index is 462. The number of nitrogens with zero attached hydrogens (tertiary/aromatic N) is 2. The Hall–Kier alpha value is -0.140. The van der Waals surface area contributed by atoms with Crippen LogP contribution < -0.4 is 0 Å². The normalized spacial score (nSPS) is 28.4. The number of hydrogen-bond acceptors (Lipinski definition) is 3. The van der Waals surface area contributed by atoms with Gasteiger partial charge in [-0.15, -0.1) is 11.3 Å². The third-order valence-electron chi connectivity index (χ3n) is 4.01. The summed E-state index contributed by atoms with van der Waals surface area (Å²) in [7, 11) is 0. The van der Waals surface area contributed by atoms with Crippen molar-refractivity contribution >= 4 is 39.8 Å². The van der Waals surface area contributed by atoms with Crippen molar-refractivity contribution in [1.82, 2.24) is 9.80 Å². The number of carbonyl (C=O) groups is 1. The minimum atomic E-state index is 0.216. The van der Waals surface area contributed by atoms with E-state index >= 15 is 0 Å². The van der Waals surface area contributed by atoms with Crippen molar-refractivity contribution in [3.63, 3.8) is 0 Å². The number of amides is 1. The predicted octanol–water partition coefficient (Wildman–Crippen LogP) is 2.66. The Kier molecular flexibility index (Phi) is 3.64. The van der Waals surface area contributed by atoms with Crippen LogP contribution in [-0.2, 0) is 0 Å². The van der Waals surface area contributed by atoms with E-state index in [1.165, 1.54) is 22.3 Å². The summed E-state index contributed by atoms with van der Waals surface area (Å²) in [5.74, 6) is 0.216. The van der Waals surface area contributed by atoms with Crippen LogP contribution in [-0.4, -0.2) is 47.4 Å². The molecule has 0 radical (unpaired) electrons. The van der Waals surface area contributed by atoms with Crippen LogP contribution in [0.3, 0.4) is 0 Å². The highest BCUT2D eigenvalue weighted by molar-refractivity contribution is 14.1. The molecule has 2 aliphatic heterocycles. The fourth-order valence-corrected chi connectivity index (χ4v) is 4.38. The van der Waals surface area contributed by atoms with Gasteiger partial charge in [-0.3, -0.25) is 9.69 Å². The summed E-state index contributed by atoms with van der Waals surface area (Å²) in [5, 5.41) is 1.98. The lowest BCUT2D eigenvalue weighted by Gasteiger charge is -2.42. The van der Waals surface area contributed by atoms with Gasteiger partial charge in [0.25, 0.3) is 5.91 Å². The first-order chi connectivity index (χ1) is 8.65. The van der Waals surface area contributed by atoms with Gasteiger partial charge < -0.3 is 4.90 Å². The molecule has 3 rings (SSSR count). The van der Waals surface area contributed by atoms with Crippen molar-refractivity contribution in [3.05, 3.63) is 19.9 Å². The number of hydrogen-bond donors (Lipinski definition) is 0. The molecule has 0 spiro atoms. The lowest BCUT2D eigenvalue weighted by molar-refractivity contribution is 0.0396. The van der Waals surface area contributed by atoms with Crippen molar-refractivity contribution in [2.75, 3.05) is 19.6 Å². The maximum Gasteiger partial charge on any atom is 0.255 e. The number of carbonyl (C=O) groups excluding carboxylic acids is 1. The van der Waals surface area contributed by atoms with Crippen LogP contribution in [0.15, 0.2) is 11.4 Å². The molecule has 3 nitrogen and oxygen atoms in total. The second-order valence-electron chi connectivity index (χ2n) is 5.24. The number of halogens is 1. The molecule has 0 bridgehead atoms. The van der Waals surface area contributed by atoms with Crippen LogP contribution >= 0.6 is 33.9 Å². The van der Waals surface area contributed by atoms with E-state index in [4.69, 9.17) is 0 Å². The van der Waals surface area contributed by atoms with Gasteiger partial charge in [-0.25, -0.2) is 0 Å². The largest absolute Gasteiger partial charge is 0.333 e. The van der Waals surface area contributed by atoms with E-state index in [1.54, 1.807) is 11.3 Å². The van der Waals surface area contributed by atoms with Gasteiger partial charge in [-0.1, -0.05) is 0 Å². The highest BCUT2D eigenvalue weighted by Crippen LogP contribution is 2.26. The minimum Gasteiger partial charge on any atom is -0.333 e. The molecule has 0 aromatic carbocycles. The molecule has 2 aliphatic rings. The van der Waals surface area contributed by atoms with Gasteiger partial charge in [-0.2, -0.15) is 0 Å². The van der Waals surface area contributed by atoms with Crippen molar-refractivity contribution < 1.29 is 4.79 Å². The van der Waals surface area contributed by atoms with Crippen LogP contribution in [0.5, 0.6) is 0 Å². The molecule has 3 heterocycles. The lowest BCUT2D eigenvalue weighted by Crippen LogP contribution is -2.56. The van der Waals surface area contributed by atoms with Crippen molar-refractivity contribution in [1.29, 1.82) is 0 Å². The molecule has 1 aromatic heterocycles. The Morgan fingerprint density at radius 2 is 2.33 bits per heavy atom. The first-order valence-corrected chi connectivity index (χ1v) is 8.40. The third-order valence-corrected chi connectivity index (χ3v) is 5.80. The molecule has 0 aliphatic carbocycles. The first-order valence-electron chi connectivity index (χ1n) is 6.44. The molecule has 0 N–H and O–H groups in total. The topological polar surface area (TPSA) is 23.6 Å². The molecule has 98 valence electrons. The molecular formula is C13H17IN2OS. The minimum absolute atomic E-state index is 0.216. The van der Waals surface area contributed by atoms with E-state index < -0.39 is 0 Å². The second-order valence-corrected chi connectivity index (χ2v) is 8.04. The summed E-state index contributed by atoms with van der Waals surface area (Å²) in [5.41, 5.74) is 0.864. The maximum atomic E-state index is 12.5. The molecule has 0 saturated carbocycles. The van der Waals surface area contributed by atoms with E-state index in [0.29, 0.717) is 12.1 Å². The van der Waals surface area contributed by atoms with Crippen molar-refractivity contribution in [3.8, 4) is 0 Å². The summed E-state index contributed by atoms with van der Waals surface area (Å²) in [6.07, 6.45) is 2.54. The second kappa shape index (κ2) is 5.09. The highest BCUT2D eigenvalue weighted by Gasteiger charge is 2.36. The van der Waals surface area contributed by atoms with Gasteiger partial charge >= 0.3 is 0 Å². The lowest BCUT2D eigenvalue weighted by atomic mass is 10.1. The van der Waals surface area contributed by atoms with E-state index in [2.05, 4.69) is 39.3 Å². The van der Waals surface area contributed by atoms with E-state index in [0.717, 1.165) is 18.7 Å². The summed E-state index contributed by atoms with van der Waals surface area (Å²) >= 11 is 3.92. The zero-order valence-electron chi connectivity index (χ0n) is 10.4. The summed E-state index contributed by atoms with van der Waals surface area (Å²) in [6, 6.07) is 2.94. The number of fused-ring (bicyclic) bond motifs is 1. The Balaban J connectivity index is 1.77. The van der Waals surface area contributed by atoms with Crippen LogP contribution in [0.4, 0.5) is 0 Å². The molecule has 18 heavy (non-hydrogen) atoms. The number of piperazine rings is 1. The molecule has 1 amide bonds. The fourth-order valence-electron chi connectivity index (χ4n) is 3.06. The first kappa shape index (κ1) is 12.9. The molecule has 2 saturated heterocycles. The fraction of sp³-hybridized carbons (Fsp3) is 0.615. The molecular weight excluding hydrogens is 359 g/mol. The molecule has 5 heteroatoms. The standard InChI is InChI=1S/C13H17IN2OS/c1-9-6-15-4-2-3-11(15)7-16(9)13(17)10-5-12(14)18-8-10/h5,8-9,11H,2-4,6-7H2,1H3. The average molecular weight is 376 g/mol. The van der Waals surface area contributed by atoms with Crippen molar-refractivity contribution in [2.24, 2.45) is 0 Å². The highest BCUT2D eigenvalue weighted by atomic mass is 127. The van der Waals surface area contributed by atoms with Gasteiger partial charge in [0.2, 0.25) is 0 Å². The third kappa shape index (κ3) is 2.32. The molecule has 2 atom stereocenters. The smallest absolute Gasteiger partial charge is 0.255 e. The number of thiophene rings is 1. The van der Waals surface area contributed by atoms with Crippen molar-refractivity contribution in [2.45, 2.75) is 31.8 Å². The Morgan fingerprint density at radius 3 is 3.06 bits per heavy atom. The Labute approximate surface area is 125 Å². The zero-order chi connectivity index (χ0) is 12.7. The maximum absolute atomic E-state index is 12.5. The van der Waals surface area contributed by atoms with E-state index in [9.17, 15) is 4.79 Å². The van der Waals surface area contributed by atoms with Crippen LogP contribution in [0.25, 0.3) is 0 Å². The quantitative estimate of drug-likeness (QED) is 0.704. The zero-order valence-corrected chi connectivity index (χ0v) is 13.4. The number of rotatable bonds is 1. The van der Waals surface area contributed by atoms with Crippen LogP contribution in [0.2, 0.25) is 0 Å². The SMILES string of the molecule is CC1CN2CCCC2CN1C(=O)c1csc(I)c1. The molecule has 1 aromatic rings. The Morgan fingerprint density at radius 1 is 1.50 bits per heavy atom. The summed E-state index contributed by atoms with van der Waals surface area (Å²) in [6.45, 7) is 5.33. The van der Waals surface area contributed by atoms with Gasteiger partial charge in [0.15, 0.2) is 0 Å². The van der Waals surface area contributed by atoms with Crippen LogP contribution in [0, 0.1) is 2.88 Å². The molecule has 2 unspecified atom stereocenters. The molecule has 2 fully saturated rings. The van der Waals surface area contributed by atoms with E-state index in [-0.39, 0.29) is 5.91 Å². The monoisotopic (exact) mass is 376 g/mol. The predicted molar refractivity (Wildman–Crippen MR) is 82.1 cm³/mol. The summed E-state index contributed by atoms with van der Waals surface area (Å²) < 4.78 is 1.18.